The van der Waals surface area contributed by atoms with E-state index in [2.05, 4.69) is 5.32 Å². The molecule has 6 heteroatoms. The van der Waals surface area contributed by atoms with Crippen molar-refractivity contribution in [1.82, 2.24) is 10.2 Å². The Bertz CT molecular complexity index is 701. The first-order valence-electron chi connectivity index (χ1n) is 8.45. The molecule has 6 nitrogen and oxygen atoms in total. The summed E-state index contributed by atoms with van der Waals surface area (Å²) < 4.78 is 16.6. The van der Waals surface area contributed by atoms with E-state index in [9.17, 15) is 4.79 Å². The van der Waals surface area contributed by atoms with E-state index >= 15 is 0 Å². The van der Waals surface area contributed by atoms with Crippen LogP contribution in [0.2, 0.25) is 0 Å². The van der Waals surface area contributed by atoms with E-state index in [1.54, 1.807) is 18.3 Å². The molecule has 134 valence electrons. The van der Waals surface area contributed by atoms with Crippen LogP contribution in [0.5, 0.6) is 5.75 Å². The number of amides is 2. The number of urea groups is 1. The molecule has 1 saturated heterocycles. The third kappa shape index (κ3) is 3.79. The number of rotatable bonds is 4. The summed E-state index contributed by atoms with van der Waals surface area (Å²) in [5, 5.41) is 3.09. The first-order valence-corrected chi connectivity index (χ1v) is 8.45. The average molecular weight is 344 g/mol. The predicted octanol–water partition coefficient (Wildman–Crippen LogP) is 3.20. The van der Waals surface area contributed by atoms with E-state index in [1.807, 2.05) is 50.2 Å². The van der Waals surface area contributed by atoms with Gasteiger partial charge in [0.25, 0.3) is 0 Å². The fourth-order valence-electron chi connectivity index (χ4n) is 3.06. The van der Waals surface area contributed by atoms with Crippen molar-refractivity contribution in [3.8, 4) is 5.75 Å². The van der Waals surface area contributed by atoms with Crippen LogP contribution in [0.4, 0.5) is 4.79 Å². The molecule has 1 aromatic carbocycles. The first kappa shape index (κ1) is 17.4. The lowest BCUT2D eigenvalue weighted by atomic mass is 10.0. The number of para-hydroxylation sites is 1. The summed E-state index contributed by atoms with van der Waals surface area (Å²) in [6.45, 7) is 5.05. The summed E-state index contributed by atoms with van der Waals surface area (Å²) in [5.74, 6) is 1.36. The van der Waals surface area contributed by atoms with E-state index in [1.165, 1.54) is 0 Å². The third-order valence-corrected chi connectivity index (χ3v) is 4.41. The van der Waals surface area contributed by atoms with Crippen molar-refractivity contribution in [2.45, 2.75) is 32.0 Å². The van der Waals surface area contributed by atoms with Gasteiger partial charge < -0.3 is 24.1 Å². The second kappa shape index (κ2) is 7.61. The third-order valence-electron chi connectivity index (χ3n) is 4.41. The van der Waals surface area contributed by atoms with Crippen molar-refractivity contribution in [2.24, 2.45) is 0 Å². The van der Waals surface area contributed by atoms with Crippen molar-refractivity contribution >= 4 is 6.03 Å². The molecule has 2 aromatic rings. The van der Waals surface area contributed by atoms with Crippen LogP contribution in [0.1, 0.15) is 31.2 Å². The Morgan fingerprint density at radius 1 is 1.28 bits per heavy atom. The lowest BCUT2D eigenvalue weighted by Crippen LogP contribution is -2.54. The zero-order valence-corrected chi connectivity index (χ0v) is 14.8. The summed E-state index contributed by atoms with van der Waals surface area (Å²) in [6, 6.07) is 10.7. The number of methoxy groups -OCH3 is 1. The van der Waals surface area contributed by atoms with Crippen LogP contribution in [-0.4, -0.2) is 43.3 Å². The fraction of sp³-hybridized carbons (Fsp3) is 0.421. The maximum absolute atomic E-state index is 12.9. The predicted molar refractivity (Wildman–Crippen MR) is 93.7 cm³/mol. The number of hydrogen-bond acceptors (Lipinski definition) is 4. The molecule has 0 bridgehead atoms. The second-order valence-corrected chi connectivity index (χ2v) is 6.29. The molecule has 1 fully saturated rings. The van der Waals surface area contributed by atoms with E-state index in [0.717, 1.165) is 5.56 Å². The van der Waals surface area contributed by atoms with Gasteiger partial charge in [0, 0.05) is 12.1 Å². The lowest BCUT2D eigenvalue weighted by Gasteiger charge is -2.37. The molecule has 1 N–H and O–H groups in total. The number of carbonyl (C=O) groups is 1. The molecule has 2 heterocycles. The van der Waals surface area contributed by atoms with Gasteiger partial charge in [0.05, 0.1) is 32.1 Å². The van der Waals surface area contributed by atoms with Crippen LogP contribution in [0.3, 0.4) is 0 Å². The topological polar surface area (TPSA) is 63.9 Å². The number of benzene rings is 1. The molecule has 1 aliphatic heterocycles. The molecule has 0 radical (unpaired) electrons. The Morgan fingerprint density at radius 3 is 2.80 bits per heavy atom. The molecule has 3 unspecified atom stereocenters. The SMILES string of the molecule is COc1ccccc1C(NC(=O)N1CC(C)OCC1C)c1ccco1. The number of ether oxygens (including phenoxy) is 2. The van der Waals surface area contributed by atoms with Crippen LogP contribution in [0, 0.1) is 0 Å². The number of nitrogens with one attached hydrogen (secondary N) is 1. The maximum atomic E-state index is 12.9. The van der Waals surface area contributed by atoms with Crippen molar-refractivity contribution < 1.29 is 18.7 Å². The Labute approximate surface area is 147 Å². The highest BCUT2D eigenvalue weighted by Gasteiger charge is 2.31. The Kier molecular flexibility index (Phi) is 5.28. The van der Waals surface area contributed by atoms with Crippen LogP contribution >= 0.6 is 0 Å². The smallest absolute Gasteiger partial charge is 0.318 e. The maximum Gasteiger partial charge on any atom is 0.318 e. The molecule has 3 atom stereocenters. The minimum absolute atomic E-state index is 0.0196. The number of carbonyl (C=O) groups excluding carboxylic acids is 1. The van der Waals surface area contributed by atoms with Crippen LogP contribution in [0.25, 0.3) is 0 Å². The molecular formula is C19H24N2O4. The number of morpholine rings is 1. The molecule has 1 aliphatic rings. The van der Waals surface area contributed by atoms with E-state index in [0.29, 0.717) is 24.7 Å². The molecule has 0 aliphatic carbocycles. The van der Waals surface area contributed by atoms with Gasteiger partial charge in [0.1, 0.15) is 17.6 Å². The molecule has 3 rings (SSSR count). The summed E-state index contributed by atoms with van der Waals surface area (Å²) in [5.41, 5.74) is 0.849. The average Bonchev–Trinajstić information content (AvgIpc) is 3.16. The van der Waals surface area contributed by atoms with Gasteiger partial charge in [0.2, 0.25) is 0 Å². The van der Waals surface area contributed by atoms with Gasteiger partial charge in [-0.3, -0.25) is 0 Å². The van der Waals surface area contributed by atoms with Gasteiger partial charge in [-0.15, -0.1) is 0 Å². The molecule has 0 saturated carbocycles. The van der Waals surface area contributed by atoms with Gasteiger partial charge in [0.15, 0.2) is 0 Å². The molecule has 25 heavy (non-hydrogen) atoms. The Morgan fingerprint density at radius 2 is 2.08 bits per heavy atom. The monoisotopic (exact) mass is 344 g/mol. The van der Waals surface area contributed by atoms with Crippen molar-refractivity contribution in [1.29, 1.82) is 0 Å². The van der Waals surface area contributed by atoms with Crippen molar-refractivity contribution in [3.63, 3.8) is 0 Å². The number of furan rings is 1. The van der Waals surface area contributed by atoms with Gasteiger partial charge in [-0.2, -0.15) is 0 Å². The molecule has 0 spiro atoms. The van der Waals surface area contributed by atoms with E-state index < -0.39 is 6.04 Å². The second-order valence-electron chi connectivity index (χ2n) is 6.29. The summed E-state index contributed by atoms with van der Waals surface area (Å²) in [7, 11) is 1.62. The first-order chi connectivity index (χ1) is 12.1. The summed E-state index contributed by atoms with van der Waals surface area (Å²) in [4.78, 5) is 14.7. The largest absolute Gasteiger partial charge is 0.496 e. The zero-order chi connectivity index (χ0) is 17.8. The number of nitrogens with zero attached hydrogens (tertiary/aromatic N) is 1. The highest BCUT2D eigenvalue weighted by molar-refractivity contribution is 5.76. The van der Waals surface area contributed by atoms with Crippen molar-refractivity contribution in [3.05, 3.63) is 54.0 Å². The molecule has 1 aromatic heterocycles. The van der Waals surface area contributed by atoms with E-state index in [4.69, 9.17) is 13.9 Å². The molecule has 2 amide bonds. The van der Waals surface area contributed by atoms with E-state index in [-0.39, 0.29) is 18.2 Å². The minimum atomic E-state index is -0.427. The zero-order valence-electron chi connectivity index (χ0n) is 14.8. The van der Waals surface area contributed by atoms with Gasteiger partial charge in [-0.05, 0) is 32.0 Å². The van der Waals surface area contributed by atoms with Crippen LogP contribution < -0.4 is 10.1 Å². The number of hydrogen-bond donors (Lipinski definition) is 1. The normalized spacial score (nSPS) is 21.6. The Balaban J connectivity index is 1.87. The fourth-order valence-corrected chi connectivity index (χ4v) is 3.06. The van der Waals surface area contributed by atoms with Gasteiger partial charge >= 0.3 is 6.03 Å². The van der Waals surface area contributed by atoms with Crippen LogP contribution in [0.15, 0.2) is 47.1 Å². The quantitative estimate of drug-likeness (QED) is 0.925. The summed E-state index contributed by atoms with van der Waals surface area (Å²) >= 11 is 0. The Hall–Kier alpha value is -2.47. The van der Waals surface area contributed by atoms with Gasteiger partial charge in [-0.25, -0.2) is 4.79 Å². The summed E-state index contributed by atoms with van der Waals surface area (Å²) in [6.07, 6.45) is 1.62. The van der Waals surface area contributed by atoms with Crippen LogP contribution in [-0.2, 0) is 4.74 Å². The highest BCUT2D eigenvalue weighted by atomic mass is 16.5. The van der Waals surface area contributed by atoms with Crippen molar-refractivity contribution in [2.75, 3.05) is 20.3 Å². The lowest BCUT2D eigenvalue weighted by molar-refractivity contribution is -0.0320. The standard InChI is InChI=1S/C19H24N2O4/c1-13-12-25-14(2)11-21(13)19(22)20-18(17-9-6-10-24-17)15-7-4-5-8-16(15)23-3/h4-10,13-14,18H,11-12H2,1-3H3,(H,20,22). The molecular weight excluding hydrogens is 320 g/mol. The van der Waals surface area contributed by atoms with Gasteiger partial charge in [-0.1, -0.05) is 18.2 Å². The highest BCUT2D eigenvalue weighted by Crippen LogP contribution is 2.30. The minimum Gasteiger partial charge on any atom is -0.496 e.